The highest BCUT2D eigenvalue weighted by molar-refractivity contribution is 5.89. The molecule has 17 heavy (non-hydrogen) atoms. The van der Waals surface area contributed by atoms with Crippen molar-refractivity contribution in [1.29, 1.82) is 0 Å². The molecule has 0 fully saturated rings. The number of carbonyl (C=O) groups is 2. The van der Waals surface area contributed by atoms with E-state index in [1.54, 1.807) is 6.92 Å². The van der Waals surface area contributed by atoms with E-state index in [-0.39, 0.29) is 5.91 Å². The average Bonchev–Trinajstić information content (AvgIpc) is 2.16. The number of hydrogen-bond acceptors (Lipinski definition) is 3. The fourth-order valence-corrected chi connectivity index (χ4v) is 1.75. The summed E-state index contributed by atoms with van der Waals surface area (Å²) >= 11 is 0. The quantitative estimate of drug-likeness (QED) is 0.732. The number of likely N-dealkylation sites (N-methyl/N-ethyl adjacent to an activating group) is 1. The monoisotopic (exact) mass is 244 g/mol. The maximum Gasteiger partial charge on any atom is 0.329 e. The van der Waals surface area contributed by atoms with Crippen molar-refractivity contribution in [2.75, 3.05) is 6.54 Å². The molecule has 0 aliphatic heterocycles. The molecule has 5 heteroatoms. The smallest absolute Gasteiger partial charge is 0.329 e. The Morgan fingerprint density at radius 1 is 1.35 bits per heavy atom. The van der Waals surface area contributed by atoms with Crippen LogP contribution in [0, 0.1) is 5.92 Å². The molecule has 0 saturated heterocycles. The van der Waals surface area contributed by atoms with Crippen molar-refractivity contribution in [3.63, 3.8) is 0 Å². The third-order valence-corrected chi connectivity index (χ3v) is 2.82. The summed E-state index contributed by atoms with van der Waals surface area (Å²) in [5, 5.41) is 9.12. The number of rotatable bonds is 6. The first-order chi connectivity index (χ1) is 7.64. The zero-order valence-electron chi connectivity index (χ0n) is 11.4. The van der Waals surface area contributed by atoms with Gasteiger partial charge < -0.3 is 15.7 Å². The van der Waals surface area contributed by atoms with Crippen molar-refractivity contribution in [2.45, 2.75) is 52.6 Å². The van der Waals surface area contributed by atoms with Crippen LogP contribution in [0.25, 0.3) is 0 Å². The van der Waals surface area contributed by atoms with Gasteiger partial charge in [-0.05, 0) is 33.1 Å². The lowest BCUT2D eigenvalue weighted by atomic mass is 9.98. The summed E-state index contributed by atoms with van der Waals surface area (Å²) in [4.78, 5) is 24.6. The first kappa shape index (κ1) is 15.9. The summed E-state index contributed by atoms with van der Waals surface area (Å²) in [5.74, 6) is -1.02. The molecule has 0 radical (unpaired) electrons. The maximum absolute atomic E-state index is 12.1. The highest BCUT2D eigenvalue weighted by atomic mass is 16.4. The third kappa shape index (κ3) is 4.00. The molecule has 0 rings (SSSR count). The van der Waals surface area contributed by atoms with Gasteiger partial charge in [0, 0.05) is 6.54 Å². The number of carbonyl (C=O) groups excluding carboxylic acids is 1. The molecule has 0 aliphatic rings. The normalized spacial score (nSPS) is 13.6. The lowest BCUT2D eigenvalue weighted by molar-refractivity contribution is -0.157. The van der Waals surface area contributed by atoms with Crippen LogP contribution in [0.15, 0.2) is 0 Å². The van der Waals surface area contributed by atoms with E-state index in [1.807, 2.05) is 13.8 Å². The zero-order valence-corrected chi connectivity index (χ0v) is 11.4. The molecule has 0 unspecified atom stereocenters. The highest BCUT2D eigenvalue weighted by Crippen LogP contribution is 2.17. The van der Waals surface area contributed by atoms with Gasteiger partial charge in [-0.15, -0.1) is 0 Å². The fourth-order valence-electron chi connectivity index (χ4n) is 1.75. The molecule has 3 N–H and O–H groups in total. The zero-order chi connectivity index (χ0) is 13.8. The molecule has 0 saturated carbocycles. The third-order valence-electron chi connectivity index (χ3n) is 2.82. The molecular weight excluding hydrogens is 220 g/mol. The Labute approximate surface area is 103 Å². The predicted molar refractivity (Wildman–Crippen MR) is 66.5 cm³/mol. The largest absolute Gasteiger partial charge is 0.480 e. The number of aliphatic carboxylic acids is 1. The summed E-state index contributed by atoms with van der Waals surface area (Å²) in [7, 11) is 0. The second-order valence-corrected chi connectivity index (χ2v) is 5.18. The van der Waals surface area contributed by atoms with Gasteiger partial charge in [0.05, 0.1) is 6.04 Å². The van der Waals surface area contributed by atoms with Gasteiger partial charge in [-0.25, -0.2) is 4.79 Å². The molecule has 0 bridgehead atoms. The van der Waals surface area contributed by atoms with E-state index in [9.17, 15) is 9.59 Å². The molecular formula is C12H24N2O3. The van der Waals surface area contributed by atoms with E-state index < -0.39 is 17.6 Å². The number of nitrogens with two attached hydrogens (primary N) is 1. The predicted octanol–water partition coefficient (Wildman–Crippen LogP) is 1.07. The molecule has 0 spiro atoms. The van der Waals surface area contributed by atoms with Crippen LogP contribution >= 0.6 is 0 Å². The van der Waals surface area contributed by atoms with Crippen LogP contribution in [0.5, 0.6) is 0 Å². The molecule has 5 nitrogen and oxygen atoms in total. The summed E-state index contributed by atoms with van der Waals surface area (Å²) in [6.45, 7) is 9.07. The van der Waals surface area contributed by atoms with Crippen LogP contribution < -0.4 is 5.73 Å². The summed E-state index contributed by atoms with van der Waals surface area (Å²) < 4.78 is 0. The first-order valence-electron chi connectivity index (χ1n) is 5.95. The van der Waals surface area contributed by atoms with E-state index in [4.69, 9.17) is 10.8 Å². The van der Waals surface area contributed by atoms with E-state index >= 15 is 0 Å². The van der Waals surface area contributed by atoms with Crippen molar-refractivity contribution in [3.05, 3.63) is 0 Å². The number of amides is 1. The molecule has 0 heterocycles. The molecule has 1 amide bonds. The van der Waals surface area contributed by atoms with Crippen LogP contribution in [0.2, 0.25) is 0 Å². The summed E-state index contributed by atoms with van der Waals surface area (Å²) in [5.41, 5.74) is 4.59. The lowest BCUT2D eigenvalue weighted by Gasteiger charge is -2.36. The Balaban J connectivity index is 4.89. The minimum atomic E-state index is -1.22. The molecule has 0 aromatic rings. The van der Waals surface area contributed by atoms with E-state index in [0.717, 1.165) is 0 Å². The maximum atomic E-state index is 12.1. The molecule has 0 aromatic carbocycles. The van der Waals surface area contributed by atoms with Gasteiger partial charge in [-0.3, -0.25) is 4.79 Å². The fraction of sp³-hybridized carbons (Fsp3) is 0.833. The Hall–Kier alpha value is -1.10. The highest BCUT2D eigenvalue weighted by Gasteiger charge is 2.38. The standard InChI is InChI=1S/C12H24N2O3/c1-6-14(12(4,5)11(16)17)10(15)9(13)7-8(2)3/h8-9H,6-7,13H2,1-5H3,(H,16,17)/t9-/m1/s1. The van der Waals surface area contributed by atoms with Gasteiger partial charge in [-0.1, -0.05) is 13.8 Å². The van der Waals surface area contributed by atoms with Crippen LogP contribution in [0.4, 0.5) is 0 Å². The van der Waals surface area contributed by atoms with Crippen LogP contribution in [0.3, 0.4) is 0 Å². The van der Waals surface area contributed by atoms with Crippen molar-refractivity contribution < 1.29 is 14.7 Å². The van der Waals surface area contributed by atoms with Gasteiger partial charge >= 0.3 is 5.97 Å². The van der Waals surface area contributed by atoms with Gasteiger partial charge in [0.15, 0.2) is 0 Å². The SMILES string of the molecule is CCN(C(=O)[C@H](N)CC(C)C)C(C)(C)C(=O)O. The summed E-state index contributed by atoms with van der Waals surface area (Å²) in [6, 6.07) is -0.631. The number of carboxylic acids is 1. The van der Waals surface area contributed by atoms with Gasteiger partial charge in [0.2, 0.25) is 5.91 Å². The van der Waals surface area contributed by atoms with Crippen LogP contribution in [0.1, 0.15) is 41.0 Å². The Kier molecular flexibility index (Phi) is 5.61. The number of carboxylic acid groups (broad SMARTS) is 1. The lowest BCUT2D eigenvalue weighted by Crippen LogP contribution is -2.57. The molecule has 0 aliphatic carbocycles. The second kappa shape index (κ2) is 6.00. The first-order valence-corrected chi connectivity index (χ1v) is 5.95. The second-order valence-electron chi connectivity index (χ2n) is 5.18. The van der Waals surface area contributed by atoms with Crippen molar-refractivity contribution >= 4 is 11.9 Å². The van der Waals surface area contributed by atoms with Crippen molar-refractivity contribution in [1.82, 2.24) is 4.90 Å². The van der Waals surface area contributed by atoms with Gasteiger partial charge in [0.1, 0.15) is 5.54 Å². The molecule has 1 atom stereocenters. The molecule has 100 valence electrons. The van der Waals surface area contributed by atoms with Crippen molar-refractivity contribution in [2.24, 2.45) is 11.7 Å². The van der Waals surface area contributed by atoms with Crippen molar-refractivity contribution in [3.8, 4) is 0 Å². The van der Waals surface area contributed by atoms with Gasteiger partial charge in [-0.2, -0.15) is 0 Å². The van der Waals surface area contributed by atoms with E-state index in [2.05, 4.69) is 0 Å². The number of nitrogens with zero attached hydrogens (tertiary/aromatic N) is 1. The minimum absolute atomic E-state index is 0.298. The average molecular weight is 244 g/mol. The molecule has 0 aromatic heterocycles. The van der Waals surface area contributed by atoms with E-state index in [1.165, 1.54) is 18.7 Å². The van der Waals surface area contributed by atoms with E-state index in [0.29, 0.717) is 18.9 Å². The Morgan fingerprint density at radius 2 is 1.82 bits per heavy atom. The van der Waals surface area contributed by atoms with Crippen LogP contribution in [-0.2, 0) is 9.59 Å². The van der Waals surface area contributed by atoms with Crippen LogP contribution in [-0.4, -0.2) is 40.0 Å². The number of hydrogen-bond donors (Lipinski definition) is 2. The van der Waals surface area contributed by atoms with Gasteiger partial charge in [0.25, 0.3) is 0 Å². The minimum Gasteiger partial charge on any atom is -0.480 e. The summed E-state index contributed by atoms with van der Waals surface area (Å²) in [6.07, 6.45) is 0.561. The Morgan fingerprint density at radius 3 is 2.12 bits per heavy atom. The topological polar surface area (TPSA) is 83.6 Å². The Bertz CT molecular complexity index is 287.